The van der Waals surface area contributed by atoms with Gasteiger partial charge in [0.05, 0.1) is 18.8 Å². The minimum Gasteiger partial charge on any atom is -0.339 e. The molecule has 0 spiro atoms. The zero-order valence-electron chi connectivity index (χ0n) is 17.1. The highest BCUT2D eigenvalue weighted by Crippen LogP contribution is 2.53. The molecule has 1 amide bonds. The first-order valence-electron chi connectivity index (χ1n) is 11.4. The van der Waals surface area contributed by atoms with Gasteiger partial charge in [-0.1, -0.05) is 19.3 Å². The molecular formula is C21H33F3N4O. The maximum Gasteiger partial charge on any atom is 0.392 e. The number of fused-ring (bicyclic) bond motifs is 1. The molecule has 3 aliphatic carbocycles. The third-order valence-electron chi connectivity index (χ3n) is 8.58. The van der Waals surface area contributed by atoms with Crippen LogP contribution in [0.15, 0.2) is 0 Å². The Balaban J connectivity index is 1.24. The molecule has 164 valence electrons. The summed E-state index contributed by atoms with van der Waals surface area (Å²) in [6.07, 6.45) is 3.00. The quantitative estimate of drug-likeness (QED) is 0.746. The smallest absolute Gasteiger partial charge is 0.339 e. The van der Waals surface area contributed by atoms with Crippen LogP contribution in [0.1, 0.15) is 51.4 Å². The number of nitrogens with zero attached hydrogens (tertiary/aromatic N) is 2. The van der Waals surface area contributed by atoms with Gasteiger partial charge in [-0.3, -0.25) is 9.69 Å². The average molecular weight is 415 g/mol. The van der Waals surface area contributed by atoms with Crippen LogP contribution >= 0.6 is 0 Å². The monoisotopic (exact) mass is 414 g/mol. The molecule has 8 heteroatoms. The molecule has 0 aromatic heterocycles. The summed E-state index contributed by atoms with van der Waals surface area (Å²) in [5.41, 5.74) is 6.57. The minimum absolute atomic E-state index is 0.0170. The van der Waals surface area contributed by atoms with Crippen LogP contribution < -0.4 is 10.9 Å². The lowest BCUT2D eigenvalue weighted by molar-refractivity contribution is -0.198. The number of carbonyl (C=O) groups is 1. The molecule has 3 saturated carbocycles. The Morgan fingerprint density at radius 1 is 1.00 bits per heavy atom. The second-order valence-corrected chi connectivity index (χ2v) is 10.2. The third kappa shape index (κ3) is 3.59. The Kier molecular flexibility index (Phi) is 5.10. The second-order valence-electron chi connectivity index (χ2n) is 10.2. The first-order chi connectivity index (χ1) is 13.8. The van der Waals surface area contributed by atoms with Gasteiger partial charge < -0.3 is 4.90 Å². The van der Waals surface area contributed by atoms with Gasteiger partial charge in [-0.25, -0.2) is 10.9 Å². The van der Waals surface area contributed by atoms with Crippen molar-refractivity contribution in [1.29, 1.82) is 0 Å². The molecule has 0 aromatic rings. The van der Waals surface area contributed by atoms with E-state index in [1.165, 1.54) is 12.8 Å². The Bertz CT molecular complexity index is 644. The van der Waals surface area contributed by atoms with E-state index in [1.54, 1.807) is 0 Å². The standard InChI is InChI=1S/C21H33F3N4O/c1-27-11-25-26-19(27)16-9-15(16)12-4-2-5-13(8-12)28-10-17-14(20(28)29)6-3-7-18(17)21(22,23)24/h12-19,25-26H,2-11H2,1H3/t12?,13?,14?,15-,16-,17?,18?,19?/m1/s1. The van der Waals surface area contributed by atoms with Gasteiger partial charge in [-0.2, -0.15) is 13.2 Å². The normalized spacial score (nSPS) is 46.2. The molecule has 2 heterocycles. The number of amides is 1. The maximum absolute atomic E-state index is 13.5. The molecule has 2 saturated heterocycles. The number of halogens is 3. The summed E-state index contributed by atoms with van der Waals surface area (Å²) in [6.45, 7) is 1.18. The molecule has 5 fully saturated rings. The maximum atomic E-state index is 13.5. The lowest BCUT2D eigenvalue weighted by atomic mass is 9.73. The van der Waals surface area contributed by atoms with Crippen LogP contribution in [0.25, 0.3) is 0 Å². The van der Waals surface area contributed by atoms with E-state index in [4.69, 9.17) is 0 Å². The number of hydrogen-bond donors (Lipinski definition) is 2. The van der Waals surface area contributed by atoms with Crippen LogP contribution in [-0.2, 0) is 4.79 Å². The van der Waals surface area contributed by atoms with E-state index in [0.717, 1.165) is 25.9 Å². The number of hydrazine groups is 1. The Hall–Kier alpha value is -0.860. The predicted molar refractivity (Wildman–Crippen MR) is 102 cm³/mol. The number of carbonyl (C=O) groups excluding carboxylic acids is 1. The summed E-state index contributed by atoms with van der Waals surface area (Å²) in [4.78, 5) is 17.2. The van der Waals surface area contributed by atoms with Crippen molar-refractivity contribution in [2.45, 2.75) is 69.8 Å². The van der Waals surface area contributed by atoms with E-state index in [0.29, 0.717) is 43.3 Å². The molecule has 29 heavy (non-hydrogen) atoms. The minimum atomic E-state index is -4.18. The van der Waals surface area contributed by atoms with E-state index >= 15 is 0 Å². The fraction of sp³-hybridized carbons (Fsp3) is 0.952. The largest absolute Gasteiger partial charge is 0.392 e. The predicted octanol–water partition coefficient (Wildman–Crippen LogP) is 2.94. The number of likely N-dealkylation sites (tertiary alicyclic amines) is 1. The van der Waals surface area contributed by atoms with Crippen molar-refractivity contribution in [1.82, 2.24) is 20.7 Å². The highest BCUT2D eigenvalue weighted by atomic mass is 19.4. The van der Waals surface area contributed by atoms with E-state index in [9.17, 15) is 18.0 Å². The number of rotatable bonds is 3. The van der Waals surface area contributed by atoms with Crippen molar-refractivity contribution in [3.63, 3.8) is 0 Å². The topological polar surface area (TPSA) is 47.6 Å². The van der Waals surface area contributed by atoms with Gasteiger partial charge in [-0.15, -0.1) is 0 Å². The van der Waals surface area contributed by atoms with Crippen molar-refractivity contribution in [2.24, 2.45) is 35.5 Å². The van der Waals surface area contributed by atoms with Gasteiger partial charge in [0.25, 0.3) is 0 Å². The molecular weight excluding hydrogens is 381 g/mol. The van der Waals surface area contributed by atoms with Crippen LogP contribution in [0.4, 0.5) is 13.2 Å². The molecule has 0 bridgehead atoms. The first kappa shape index (κ1) is 20.1. The van der Waals surface area contributed by atoms with Crippen molar-refractivity contribution < 1.29 is 18.0 Å². The van der Waals surface area contributed by atoms with Crippen molar-refractivity contribution in [3.05, 3.63) is 0 Å². The fourth-order valence-electron chi connectivity index (χ4n) is 7.02. The van der Waals surface area contributed by atoms with E-state index in [-0.39, 0.29) is 18.4 Å². The zero-order chi connectivity index (χ0) is 20.3. The summed E-state index contributed by atoms with van der Waals surface area (Å²) in [7, 11) is 2.12. The van der Waals surface area contributed by atoms with Gasteiger partial charge >= 0.3 is 6.18 Å². The number of hydrogen-bond acceptors (Lipinski definition) is 4. The Morgan fingerprint density at radius 2 is 1.79 bits per heavy atom. The Labute approximate surface area is 170 Å². The van der Waals surface area contributed by atoms with E-state index in [1.807, 2.05) is 4.90 Å². The fourth-order valence-corrected chi connectivity index (χ4v) is 7.02. The molecule has 5 rings (SSSR count). The van der Waals surface area contributed by atoms with E-state index in [2.05, 4.69) is 22.8 Å². The van der Waals surface area contributed by atoms with Crippen molar-refractivity contribution in [2.75, 3.05) is 20.3 Å². The average Bonchev–Trinajstić information content (AvgIpc) is 3.25. The van der Waals surface area contributed by atoms with Crippen molar-refractivity contribution in [3.8, 4) is 0 Å². The van der Waals surface area contributed by atoms with Gasteiger partial charge in [0, 0.05) is 18.5 Å². The molecule has 0 aromatic carbocycles. The Morgan fingerprint density at radius 3 is 2.52 bits per heavy atom. The molecule has 5 aliphatic rings. The lowest BCUT2D eigenvalue weighted by Crippen LogP contribution is -2.42. The van der Waals surface area contributed by atoms with Crippen LogP contribution in [0.3, 0.4) is 0 Å². The van der Waals surface area contributed by atoms with Crippen LogP contribution in [-0.4, -0.2) is 54.4 Å². The van der Waals surface area contributed by atoms with Gasteiger partial charge in [0.1, 0.15) is 0 Å². The molecule has 8 atom stereocenters. The lowest BCUT2D eigenvalue weighted by Gasteiger charge is -2.36. The summed E-state index contributed by atoms with van der Waals surface area (Å²) in [5, 5.41) is 0. The summed E-state index contributed by atoms with van der Waals surface area (Å²) >= 11 is 0. The van der Waals surface area contributed by atoms with E-state index < -0.39 is 23.9 Å². The summed E-state index contributed by atoms with van der Waals surface area (Å²) in [6, 6.07) is 0.148. The zero-order valence-corrected chi connectivity index (χ0v) is 17.1. The first-order valence-corrected chi connectivity index (χ1v) is 11.4. The second kappa shape index (κ2) is 7.38. The molecule has 2 N–H and O–H groups in total. The number of alkyl halides is 3. The molecule has 5 nitrogen and oxygen atoms in total. The van der Waals surface area contributed by atoms with Crippen LogP contribution in [0.2, 0.25) is 0 Å². The highest BCUT2D eigenvalue weighted by molar-refractivity contribution is 5.82. The van der Waals surface area contributed by atoms with Gasteiger partial charge in [-0.05, 0) is 62.8 Å². The molecule has 6 unspecified atom stereocenters. The molecule has 2 aliphatic heterocycles. The number of nitrogens with one attached hydrogen (secondary N) is 2. The van der Waals surface area contributed by atoms with Gasteiger partial charge in [0.15, 0.2) is 0 Å². The third-order valence-corrected chi connectivity index (χ3v) is 8.58. The van der Waals surface area contributed by atoms with Gasteiger partial charge in [0.2, 0.25) is 5.91 Å². The van der Waals surface area contributed by atoms with Crippen molar-refractivity contribution >= 4 is 5.91 Å². The van der Waals surface area contributed by atoms with Crippen LogP contribution in [0, 0.1) is 35.5 Å². The SMILES string of the molecule is CN1CNNC1[C@@H]1C[C@@H]1C1CCCC(N2CC3C(CCCC3C(F)(F)F)C2=O)C1. The van der Waals surface area contributed by atoms with Crippen LogP contribution in [0.5, 0.6) is 0 Å². The summed E-state index contributed by atoms with van der Waals surface area (Å²) in [5.74, 6) is -0.268. The highest BCUT2D eigenvalue weighted by Gasteiger charge is 2.56. The summed E-state index contributed by atoms with van der Waals surface area (Å²) < 4.78 is 40.6. The molecule has 0 radical (unpaired) electrons.